The molecule has 3 atom stereocenters. The number of fused-ring (bicyclic) bond motifs is 2. The number of nitrogens with zero attached hydrogens (tertiary/aromatic N) is 2. The molecule has 0 saturated carbocycles. The highest BCUT2D eigenvalue weighted by Gasteiger charge is 2.40. The van der Waals surface area contributed by atoms with Gasteiger partial charge in [-0.15, -0.1) is 0 Å². The van der Waals surface area contributed by atoms with Crippen LogP contribution in [0.3, 0.4) is 0 Å². The number of methoxy groups -OCH3 is 1. The number of allylic oxidation sites excluding steroid dienone is 2. The van der Waals surface area contributed by atoms with Crippen LogP contribution in [0, 0.1) is 5.92 Å². The highest BCUT2D eigenvalue weighted by Crippen LogP contribution is 2.41. The Morgan fingerprint density at radius 2 is 2.25 bits per heavy atom. The van der Waals surface area contributed by atoms with Gasteiger partial charge in [-0.05, 0) is 55.5 Å². The van der Waals surface area contributed by atoms with Crippen LogP contribution in [0.25, 0.3) is 10.9 Å². The minimum Gasteiger partial charge on any atom is -0.497 e. The van der Waals surface area contributed by atoms with Crippen molar-refractivity contribution in [3.05, 3.63) is 48.2 Å². The molecule has 4 nitrogen and oxygen atoms in total. The van der Waals surface area contributed by atoms with E-state index < -0.39 is 0 Å². The summed E-state index contributed by atoms with van der Waals surface area (Å²) in [5.41, 5.74) is 2.23. The molecule has 1 aromatic carbocycles. The van der Waals surface area contributed by atoms with Crippen LogP contribution in [-0.2, 0) is 4.74 Å². The first-order valence-electron chi connectivity index (χ1n) is 8.71. The Morgan fingerprint density at radius 1 is 1.33 bits per heavy atom. The summed E-state index contributed by atoms with van der Waals surface area (Å²) in [6.07, 6.45) is 8.90. The van der Waals surface area contributed by atoms with Crippen LogP contribution in [0.2, 0.25) is 0 Å². The molecule has 1 aromatic heterocycles. The number of rotatable bonds is 3. The molecule has 0 spiro atoms. The van der Waals surface area contributed by atoms with Gasteiger partial charge in [-0.3, -0.25) is 9.88 Å². The van der Waals surface area contributed by atoms with Gasteiger partial charge < -0.3 is 9.47 Å². The highest BCUT2D eigenvalue weighted by atomic mass is 16.5. The fourth-order valence-corrected chi connectivity index (χ4v) is 4.10. The summed E-state index contributed by atoms with van der Waals surface area (Å²) in [6, 6.07) is 8.61. The highest BCUT2D eigenvalue weighted by molar-refractivity contribution is 5.84. The van der Waals surface area contributed by atoms with E-state index in [4.69, 9.17) is 9.47 Å². The smallest absolute Gasteiger partial charge is 0.119 e. The van der Waals surface area contributed by atoms with E-state index in [1.54, 1.807) is 7.11 Å². The Labute approximate surface area is 143 Å². The van der Waals surface area contributed by atoms with Crippen LogP contribution in [0.5, 0.6) is 5.75 Å². The average Bonchev–Trinajstić information content (AvgIpc) is 3.04. The molecule has 0 N–H and O–H groups in total. The number of benzene rings is 1. The van der Waals surface area contributed by atoms with Crippen molar-refractivity contribution in [1.82, 2.24) is 9.88 Å². The minimum atomic E-state index is 0.107. The Hall–Kier alpha value is -1.91. The predicted octanol–water partition coefficient (Wildman–Crippen LogP) is 3.93. The Bertz CT molecular complexity index is 758. The van der Waals surface area contributed by atoms with Crippen LogP contribution in [0.15, 0.2) is 42.6 Å². The van der Waals surface area contributed by atoms with Gasteiger partial charge in [0.1, 0.15) is 18.6 Å². The summed E-state index contributed by atoms with van der Waals surface area (Å²) < 4.78 is 11.6. The summed E-state index contributed by atoms with van der Waals surface area (Å²) >= 11 is 0. The predicted molar refractivity (Wildman–Crippen MR) is 95.0 cm³/mol. The first kappa shape index (κ1) is 15.6. The molecule has 0 unspecified atom stereocenters. The van der Waals surface area contributed by atoms with Gasteiger partial charge in [-0.2, -0.15) is 0 Å². The van der Waals surface area contributed by atoms with E-state index >= 15 is 0 Å². The largest absolute Gasteiger partial charge is 0.497 e. The molecule has 0 amide bonds. The van der Waals surface area contributed by atoms with E-state index in [0.717, 1.165) is 36.3 Å². The Balaban J connectivity index is 1.71. The molecule has 2 aliphatic heterocycles. The van der Waals surface area contributed by atoms with Gasteiger partial charge in [-0.25, -0.2) is 0 Å². The molecule has 2 fully saturated rings. The lowest BCUT2D eigenvalue weighted by Gasteiger charge is -2.34. The first-order valence-corrected chi connectivity index (χ1v) is 8.71. The zero-order chi connectivity index (χ0) is 16.5. The number of hydrogen-bond donors (Lipinski definition) is 0. The molecule has 3 heterocycles. The van der Waals surface area contributed by atoms with E-state index in [2.05, 4.69) is 41.1 Å². The molecular weight excluding hydrogens is 300 g/mol. The second kappa shape index (κ2) is 6.54. The van der Waals surface area contributed by atoms with E-state index in [1.807, 2.05) is 18.3 Å². The maximum atomic E-state index is 6.23. The van der Waals surface area contributed by atoms with Crippen molar-refractivity contribution in [2.75, 3.05) is 20.4 Å². The van der Waals surface area contributed by atoms with Crippen LogP contribution >= 0.6 is 0 Å². The maximum absolute atomic E-state index is 6.23. The van der Waals surface area contributed by atoms with Crippen molar-refractivity contribution in [2.45, 2.75) is 31.9 Å². The molecule has 4 heteroatoms. The second-order valence-electron chi connectivity index (χ2n) is 6.69. The standard InChI is InChI=1S/C20H24N2O2/c1-3-4-14-8-10-22-13-24-20(19(22)11-14)16-7-9-21-18-6-5-15(23-2)12-17(16)18/h3-7,9,12,14,19-20H,8,10-11,13H2,1-2H3/b4-3-/t14-,19-,20+/m0/s1. The van der Waals surface area contributed by atoms with Gasteiger partial charge in [0.05, 0.1) is 12.6 Å². The van der Waals surface area contributed by atoms with Crippen molar-refractivity contribution in [1.29, 1.82) is 0 Å². The van der Waals surface area contributed by atoms with Crippen LogP contribution in [0.4, 0.5) is 0 Å². The Kier molecular flexibility index (Phi) is 4.25. The third-order valence-electron chi connectivity index (χ3n) is 5.32. The first-order chi connectivity index (χ1) is 11.8. The number of pyridine rings is 1. The topological polar surface area (TPSA) is 34.6 Å². The van der Waals surface area contributed by atoms with Gasteiger partial charge in [0.25, 0.3) is 0 Å². The lowest BCUT2D eigenvalue weighted by molar-refractivity contribution is 0.0902. The zero-order valence-corrected chi connectivity index (χ0v) is 14.3. The van der Waals surface area contributed by atoms with Crippen LogP contribution in [0.1, 0.15) is 31.4 Å². The SMILES string of the molecule is C/C=C\[C@H]1CCN2CO[C@H](c3ccnc4ccc(OC)cc34)[C@@H]2C1. The van der Waals surface area contributed by atoms with Crippen LogP contribution < -0.4 is 4.74 Å². The monoisotopic (exact) mass is 324 g/mol. The molecular formula is C20H24N2O2. The molecule has 24 heavy (non-hydrogen) atoms. The maximum Gasteiger partial charge on any atom is 0.119 e. The van der Waals surface area contributed by atoms with Gasteiger partial charge in [0.2, 0.25) is 0 Å². The lowest BCUT2D eigenvalue weighted by Crippen LogP contribution is -2.39. The van der Waals surface area contributed by atoms with Gasteiger partial charge in [0.15, 0.2) is 0 Å². The van der Waals surface area contributed by atoms with E-state index in [0.29, 0.717) is 12.0 Å². The number of ether oxygens (including phenoxy) is 2. The number of hydrogen-bond acceptors (Lipinski definition) is 4. The molecule has 0 aliphatic carbocycles. The summed E-state index contributed by atoms with van der Waals surface area (Å²) in [6.45, 7) is 3.95. The van der Waals surface area contributed by atoms with Crippen molar-refractivity contribution in [3.63, 3.8) is 0 Å². The van der Waals surface area contributed by atoms with E-state index in [1.165, 1.54) is 12.0 Å². The van der Waals surface area contributed by atoms with Crippen molar-refractivity contribution >= 4 is 10.9 Å². The molecule has 0 radical (unpaired) electrons. The van der Waals surface area contributed by atoms with Crippen LogP contribution in [-0.4, -0.2) is 36.3 Å². The molecule has 2 aromatic rings. The number of aromatic nitrogens is 1. The third-order valence-corrected chi connectivity index (χ3v) is 5.32. The number of piperidine rings is 1. The molecule has 126 valence electrons. The second-order valence-corrected chi connectivity index (χ2v) is 6.69. The minimum absolute atomic E-state index is 0.107. The van der Waals surface area contributed by atoms with E-state index in [9.17, 15) is 0 Å². The van der Waals surface area contributed by atoms with Gasteiger partial charge in [-0.1, -0.05) is 12.2 Å². The fraction of sp³-hybridized carbons (Fsp3) is 0.450. The van der Waals surface area contributed by atoms with Gasteiger partial charge in [0, 0.05) is 24.2 Å². The molecule has 2 aliphatic rings. The van der Waals surface area contributed by atoms with Crippen molar-refractivity contribution in [2.24, 2.45) is 5.92 Å². The quantitative estimate of drug-likeness (QED) is 0.801. The summed E-state index contributed by atoms with van der Waals surface area (Å²) in [7, 11) is 1.70. The normalized spacial score (nSPS) is 27.7. The van der Waals surface area contributed by atoms with Gasteiger partial charge >= 0.3 is 0 Å². The summed E-state index contributed by atoms with van der Waals surface area (Å²) in [4.78, 5) is 6.98. The fourth-order valence-electron chi connectivity index (χ4n) is 4.10. The van der Waals surface area contributed by atoms with Crippen molar-refractivity contribution in [3.8, 4) is 5.75 Å². The molecule has 2 saturated heterocycles. The molecule has 0 bridgehead atoms. The van der Waals surface area contributed by atoms with Crippen molar-refractivity contribution < 1.29 is 9.47 Å². The summed E-state index contributed by atoms with van der Waals surface area (Å²) in [5, 5.41) is 1.14. The summed E-state index contributed by atoms with van der Waals surface area (Å²) in [5.74, 6) is 1.52. The third kappa shape index (κ3) is 2.70. The van der Waals surface area contributed by atoms with E-state index in [-0.39, 0.29) is 6.10 Å². The zero-order valence-electron chi connectivity index (χ0n) is 14.3. The Morgan fingerprint density at radius 3 is 3.08 bits per heavy atom. The average molecular weight is 324 g/mol. The molecule has 4 rings (SSSR count). The lowest BCUT2D eigenvalue weighted by atomic mass is 9.86.